The van der Waals surface area contributed by atoms with Gasteiger partial charge in [-0.3, -0.25) is 9.78 Å². The molecule has 6 nitrogen and oxygen atoms in total. The minimum Gasteiger partial charge on any atom is -0.448 e. The zero-order chi connectivity index (χ0) is 16.1. The lowest BCUT2D eigenvalue weighted by Gasteiger charge is -2.13. The third-order valence-corrected chi connectivity index (χ3v) is 2.99. The third kappa shape index (κ3) is 4.41. The molecule has 114 valence electrons. The van der Waals surface area contributed by atoms with Gasteiger partial charge in [-0.25, -0.2) is 9.78 Å². The van der Waals surface area contributed by atoms with E-state index in [-0.39, 0.29) is 5.69 Å². The number of ether oxygens (including phenoxy) is 1. The van der Waals surface area contributed by atoms with Crippen molar-refractivity contribution in [1.29, 1.82) is 0 Å². The lowest BCUT2D eigenvalue weighted by molar-refractivity contribution is -0.123. The molecule has 1 heterocycles. The highest BCUT2D eigenvalue weighted by Crippen LogP contribution is 2.22. The molecule has 0 bridgehead atoms. The first-order valence-corrected chi connectivity index (χ1v) is 6.95. The Balaban J connectivity index is 1.99. The number of carbonyl (C=O) groups excluding carboxylic acids is 2. The summed E-state index contributed by atoms with van der Waals surface area (Å²) >= 11 is 11.7. The van der Waals surface area contributed by atoms with Crippen molar-refractivity contribution in [2.24, 2.45) is 0 Å². The second-order valence-corrected chi connectivity index (χ2v) is 5.16. The van der Waals surface area contributed by atoms with Crippen molar-refractivity contribution in [2.75, 3.05) is 5.32 Å². The van der Waals surface area contributed by atoms with E-state index in [1.165, 1.54) is 43.7 Å². The minimum atomic E-state index is -1.02. The van der Waals surface area contributed by atoms with E-state index in [0.29, 0.717) is 15.7 Å². The maximum absolute atomic E-state index is 12.0. The van der Waals surface area contributed by atoms with E-state index in [9.17, 15) is 9.59 Å². The molecular weight excluding hydrogens is 329 g/mol. The van der Waals surface area contributed by atoms with Crippen LogP contribution in [0.4, 0.5) is 5.69 Å². The Kier molecular flexibility index (Phi) is 5.30. The fourth-order valence-electron chi connectivity index (χ4n) is 1.55. The average Bonchev–Trinajstić information content (AvgIpc) is 2.46. The fourth-order valence-corrected chi connectivity index (χ4v) is 2.07. The van der Waals surface area contributed by atoms with Crippen LogP contribution in [0, 0.1) is 0 Å². The molecule has 1 N–H and O–H groups in total. The summed E-state index contributed by atoms with van der Waals surface area (Å²) in [6.07, 6.45) is 3.02. The van der Waals surface area contributed by atoms with Gasteiger partial charge in [-0.2, -0.15) is 0 Å². The highest BCUT2D eigenvalue weighted by Gasteiger charge is 2.20. The van der Waals surface area contributed by atoms with E-state index in [2.05, 4.69) is 15.3 Å². The summed E-state index contributed by atoms with van der Waals surface area (Å²) < 4.78 is 5.01. The van der Waals surface area contributed by atoms with Crippen molar-refractivity contribution >= 4 is 40.8 Å². The first-order chi connectivity index (χ1) is 10.5. The maximum atomic E-state index is 12.0. The number of hydrogen-bond acceptors (Lipinski definition) is 5. The topological polar surface area (TPSA) is 81.2 Å². The summed E-state index contributed by atoms with van der Waals surface area (Å²) in [6, 6.07) is 4.60. The number of amides is 1. The van der Waals surface area contributed by atoms with Crippen LogP contribution in [0.1, 0.15) is 17.4 Å². The number of benzene rings is 1. The summed E-state index contributed by atoms with van der Waals surface area (Å²) in [5, 5.41) is 3.32. The predicted octanol–water partition coefficient (Wildman–Crippen LogP) is 2.97. The molecule has 0 spiro atoms. The Hall–Kier alpha value is -2.18. The number of rotatable bonds is 4. The number of nitrogens with one attached hydrogen (secondary N) is 1. The first-order valence-electron chi connectivity index (χ1n) is 6.19. The van der Waals surface area contributed by atoms with Crippen LogP contribution in [0.3, 0.4) is 0 Å². The van der Waals surface area contributed by atoms with E-state index < -0.39 is 18.0 Å². The summed E-state index contributed by atoms with van der Waals surface area (Å²) in [5.74, 6) is -1.25. The van der Waals surface area contributed by atoms with Gasteiger partial charge in [0.25, 0.3) is 5.91 Å². The molecule has 0 aliphatic rings. The summed E-state index contributed by atoms with van der Waals surface area (Å²) in [4.78, 5) is 31.3. The molecule has 0 aliphatic heterocycles. The van der Waals surface area contributed by atoms with Crippen molar-refractivity contribution in [2.45, 2.75) is 13.0 Å². The van der Waals surface area contributed by atoms with Crippen LogP contribution < -0.4 is 5.32 Å². The number of halogens is 2. The summed E-state index contributed by atoms with van der Waals surface area (Å²) in [6.45, 7) is 1.44. The largest absolute Gasteiger partial charge is 0.448 e. The number of carbonyl (C=O) groups is 2. The quantitative estimate of drug-likeness (QED) is 0.866. The number of esters is 1. The van der Waals surface area contributed by atoms with Crippen LogP contribution in [0.25, 0.3) is 0 Å². The van der Waals surface area contributed by atoms with Gasteiger partial charge in [0.2, 0.25) is 0 Å². The van der Waals surface area contributed by atoms with E-state index in [0.717, 1.165) is 0 Å². The van der Waals surface area contributed by atoms with Crippen LogP contribution in [-0.2, 0) is 9.53 Å². The second-order valence-electron chi connectivity index (χ2n) is 4.29. The van der Waals surface area contributed by atoms with Crippen molar-refractivity contribution in [3.63, 3.8) is 0 Å². The lowest BCUT2D eigenvalue weighted by Crippen LogP contribution is -2.30. The molecule has 2 rings (SSSR count). The number of hydrogen-bond donors (Lipinski definition) is 1. The molecule has 22 heavy (non-hydrogen) atoms. The highest BCUT2D eigenvalue weighted by atomic mass is 35.5. The van der Waals surface area contributed by atoms with Crippen LogP contribution in [-0.4, -0.2) is 27.9 Å². The van der Waals surface area contributed by atoms with Gasteiger partial charge in [0.1, 0.15) is 0 Å². The van der Waals surface area contributed by atoms with Gasteiger partial charge < -0.3 is 10.1 Å². The van der Waals surface area contributed by atoms with Crippen LogP contribution in [0.15, 0.2) is 36.8 Å². The van der Waals surface area contributed by atoms with Crippen molar-refractivity contribution in [3.05, 3.63) is 52.5 Å². The molecule has 8 heteroatoms. The molecule has 2 aromatic rings. The zero-order valence-electron chi connectivity index (χ0n) is 11.4. The average molecular weight is 340 g/mol. The lowest BCUT2D eigenvalue weighted by atomic mass is 10.3. The minimum absolute atomic E-state index is 0.0213. The van der Waals surface area contributed by atoms with Gasteiger partial charge in [-0.15, -0.1) is 0 Å². The van der Waals surface area contributed by atoms with Crippen molar-refractivity contribution in [1.82, 2.24) is 9.97 Å². The molecule has 0 radical (unpaired) electrons. The fraction of sp³-hybridized carbons (Fsp3) is 0.143. The maximum Gasteiger partial charge on any atom is 0.359 e. The molecule has 0 fully saturated rings. The highest BCUT2D eigenvalue weighted by molar-refractivity contribution is 6.35. The number of nitrogens with zero attached hydrogens (tertiary/aromatic N) is 2. The van der Waals surface area contributed by atoms with Crippen LogP contribution in [0.5, 0.6) is 0 Å². The number of aromatic nitrogens is 2. The van der Waals surface area contributed by atoms with E-state index in [1.807, 2.05) is 0 Å². The van der Waals surface area contributed by atoms with Crippen LogP contribution >= 0.6 is 23.2 Å². The molecular formula is C14H11Cl2N3O3. The third-order valence-electron chi connectivity index (χ3n) is 2.56. The number of anilines is 1. The van der Waals surface area contributed by atoms with Gasteiger partial charge in [0.05, 0.1) is 6.20 Å². The van der Waals surface area contributed by atoms with E-state index >= 15 is 0 Å². The Morgan fingerprint density at radius 2 is 1.86 bits per heavy atom. The molecule has 1 amide bonds. The second kappa shape index (κ2) is 7.20. The molecule has 0 unspecified atom stereocenters. The van der Waals surface area contributed by atoms with Crippen molar-refractivity contribution in [3.8, 4) is 0 Å². The first kappa shape index (κ1) is 16.2. The Morgan fingerprint density at radius 1 is 1.18 bits per heavy atom. The Bertz CT molecular complexity index is 675. The predicted molar refractivity (Wildman–Crippen MR) is 82.0 cm³/mol. The summed E-state index contributed by atoms with van der Waals surface area (Å²) in [5.41, 5.74) is 0.429. The van der Waals surface area contributed by atoms with E-state index in [1.54, 1.807) is 0 Å². The Morgan fingerprint density at radius 3 is 2.45 bits per heavy atom. The Labute approximate surface area is 136 Å². The molecule has 0 aliphatic carbocycles. The normalized spacial score (nSPS) is 11.6. The van der Waals surface area contributed by atoms with Gasteiger partial charge in [-0.1, -0.05) is 23.2 Å². The van der Waals surface area contributed by atoms with Gasteiger partial charge in [0, 0.05) is 28.1 Å². The standard InChI is InChI=1S/C14H11Cl2N3O3/c1-8(22-14(21)12-7-17-2-3-18-12)13(20)19-11-5-9(15)4-10(16)6-11/h2-8H,1H3,(H,19,20)/t8-/m1/s1. The molecule has 0 saturated heterocycles. The van der Waals surface area contributed by atoms with Crippen LogP contribution in [0.2, 0.25) is 10.0 Å². The van der Waals surface area contributed by atoms with Gasteiger partial charge >= 0.3 is 5.97 Å². The van der Waals surface area contributed by atoms with Gasteiger partial charge in [0.15, 0.2) is 11.8 Å². The van der Waals surface area contributed by atoms with Gasteiger partial charge in [-0.05, 0) is 25.1 Å². The molecule has 1 atom stereocenters. The molecule has 0 saturated carbocycles. The molecule has 1 aromatic heterocycles. The van der Waals surface area contributed by atoms with Crippen molar-refractivity contribution < 1.29 is 14.3 Å². The smallest absolute Gasteiger partial charge is 0.359 e. The zero-order valence-corrected chi connectivity index (χ0v) is 12.9. The summed E-state index contributed by atoms with van der Waals surface area (Å²) in [7, 11) is 0. The van der Waals surface area contributed by atoms with E-state index in [4.69, 9.17) is 27.9 Å². The SMILES string of the molecule is C[C@@H](OC(=O)c1cnccn1)C(=O)Nc1cc(Cl)cc(Cl)c1. The monoisotopic (exact) mass is 339 g/mol. The molecule has 1 aromatic carbocycles.